The van der Waals surface area contributed by atoms with E-state index < -0.39 is 0 Å². The Hall–Kier alpha value is -2.69. The molecule has 2 unspecified atom stereocenters. The van der Waals surface area contributed by atoms with E-state index in [0.717, 1.165) is 37.2 Å². The number of aromatic nitrogens is 1. The summed E-state index contributed by atoms with van der Waals surface area (Å²) in [6, 6.07) is 14.1. The highest BCUT2D eigenvalue weighted by molar-refractivity contribution is 6.00. The zero-order chi connectivity index (χ0) is 20.2. The molecular weight excluding hydrogens is 362 g/mol. The van der Waals surface area contributed by atoms with E-state index >= 15 is 0 Å². The third-order valence-corrected chi connectivity index (χ3v) is 6.11. The van der Waals surface area contributed by atoms with Gasteiger partial charge in [-0.1, -0.05) is 31.5 Å². The number of hydrogen-bond acceptors (Lipinski definition) is 3. The Labute approximate surface area is 172 Å². The summed E-state index contributed by atoms with van der Waals surface area (Å²) in [7, 11) is 0. The molecule has 2 aliphatic rings. The Morgan fingerprint density at radius 1 is 1.17 bits per heavy atom. The van der Waals surface area contributed by atoms with Gasteiger partial charge in [0.25, 0.3) is 0 Å². The molecule has 29 heavy (non-hydrogen) atoms. The highest BCUT2D eigenvalue weighted by Crippen LogP contribution is 2.34. The van der Waals surface area contributed by atoms with Crippen molar-refractivity contribution in [2.75, 3.05) is 18.0 Å². The molecule has 4 rings (SSSR count). The molecule has 0 spiro atoms. The molecule has 0 saturated carbocycles. The molecule has 1 aromatic carbocycles. The summed E-state index contributed by atoms with van der Waals surface area (Å²) in [6.45, 7) is 3.40. The molecule has 2 amide bonds. The number of unbranched alkanes of at least 4 members (excludes halogenated alkanes) is 1. The smallest absolute Gasteiger partial charge is 0.228 e. The Morgan fingerprint density at radius 2 is 2.00 bits per heavy atom. The van der Waals surface area contributed by atoms with E-state index in [4.69, 9.17) is 0 Å². The number of pyridine rings is 1. The fraction of sp³-hybridized carbons (Fsp3) is 0.458. The van der Waals surface area contributed by atoms with Gasteiger partial charge in [0, 0.05) is 31.4 Å². The van der Waals surface area contributed by atoms with Gasteiger partial charge in [0.05, 0.1) is 17.7 Å². The van der Waals surface area contributed by atoms with Gasteiger partial charge in [-0.25, -0.2) is 0 Å². The summed E-state index contributed by atoms with van der Waals surface area (Å²) >= 11 is 0. The first-order chi connectivity index (χ1) is 14.2. The Balaban J connectivity index is 1.44. The third kappa shape index (κ3) is 4.19. The Bertz CT molecular complexity index is 850. The number of carbonyl (C=O) groups excluding carboxylic acids is 2. The van der Waals surface area contributed by atoms with E-state index in [1.807, 2.05) is 35.2 Å². The van der Waals surface area contributed by atoms with Crippen molar-refractivity contribution in [1.82, 2.24) is 9.88 Å². The van der Waals surface area contributed by atoms with Crippen LogP contribution in [0.5, 0.6) is 0 Å². The largest absolute Gasteiger partial charge is 0.334 e. The van der Waals surface area contributed by atoms with Crippen LogP contribution in [-0.4, -0.2) is 34.8 Å². The maximum Gasteiger partial charge on any atom is 0.228 e. The van der Waals surface area contributed by atoms with Crippen molar-refractivity contribution >= 4 is 17.5 Å². The van der Waals surface area contributed by atoms with Gasteiger partial charge in [0.2, 0.25) is 11.8 Å². The van der Waals surface area contributed by atoms with Crippen molar-refractivity contribution in [1.29, 1.82) is 0 Å². The van der Waals surface area contributed by atoms with Gasteiger partial charge >= 0.3 is 0 Å². The molecule has 2 fully saturated rings. The number of anilines is 1. The standard InChI is InChI=1S/C24H29N3O2/c1-2-3-7-18-10-12-20(13-11-18)27-17-19(16-23(27)28)24(29)26-15-6-9-22(26)21-8-4-5-14-25-21/h4-5,8,10-14,19,22H,2-3,6-7,9,15-17H2,1H3. The van der Waals surface area contributed by atoms with Crippen molar-refractivity contribution in [2.24, 2.45) is 5.92 Å². The van der Waals surface area contributed by atoms with Crippen LogP contribution >= 0.6 is 0 Å². The van der Waals surface area contributed by atoms with Gasteiger partial charge in [0.15, 0.2) is 0 Å². The number of nitrogens with zero attached hydrogens (tertiary/aromatic N) is 3. The van der Waals surface area contributed by atoms with E-state index in [1.54, 1.807) is 11.1 Å². The SMILES string of the molecule is CCCCc1ccc(N2CC(C(=O)N3CCCC3c3ccccn3)CC2=O)cc1. The molecule has 0 N–H and O–H groups in total. The minimum atomic E-state index is -0.272. The first-order valence-electron chi connectivity index (χ1n) is 10.8. The lowest BCUT2D eigenvalue weighted by molar-refractivity contribution is -0.136. The van der Waals surface area contributed by atoms with Crippen molar-refractivity contribution in [2.45, 2.75) is 51.5 Å². The average molecular weight is 392 g/mol. The lowest BCUT2D eigenvalue weighted by Crippen LogP contribution is -2.37. The lowest BCUT2D eigenvalue weighted by Gasteiger charge is -2.27. The molecule has 2 aliphatic heterocycles. The van der Waals surface area contributed by atoms with Gasteiger partial charge in [-0.15, -0.1) is 0 Å². The van der Waals surface area contributed by atoms with Gasteiger partial charge in [-0.05, 0) is 55.5 Å². The fourth-order valence-corrected chi connectivity index (χ4v) is 4.49. The van der Waals surface area contributed by atoms with Gasteiger partial charge in [-0.2, -0.15) is 0 Å². The molecule has 5 nitrogen and oxygen atoms in total. The average Bonchev–Trinajstić information content (AvgIpc) is 3.40. The van der Waals surface area contributed by atoms with Crippen LogP contribution in [0.2, 0.25) is 0 Å². The molecule has 2 atom stereocenters. The second kappa shape index (κ2) is 8.76. The molecule has 5 heteroatoms. The predicted molar refractivity (Wildman–Crippen MR) is 113 cm³/mol. The van der Waals surface area contributed by atoms with Crippen LogP contribution in [0.1, 0.15) is 56.3 Å². The number of benzene rings is 1. The van der Waals surface area contributed by atoms with E-state index in [-0.39, 0.29) is 23.8 Å². The van der Waals surface area contributed by atoms with E-state index in [0.29, 0.717) is 13.0 Å². The highest BCUT2D eigenvalue weighted by atomic mass is 16.2. The molecule has 0 bridgehead atoms. The molecule has 2 aromatic rings. The first-order valence-corrected chi connectivity index (χ1v) is 10.8. The number of hydrogen-bond donors (Lipinski definition) is 0. The maximum atomic E-state index is 13.2. The Kier molecular flexibility index (Phi) is 5.93. The third-order valence-electron chi connectivity index (χ3n) is 6.11. The number of rotatable bonds is 6. The van der Waals surface area contributed by atoms with Crippen LogP contribution in [0.25, 0.3) is 0 Å². The molecule has 0 radical (unpaired) electrons. The summed E-state index contributed by atoms with van der Waals surface area (Å²) in [6.07, 6.45) is 7.40. The quantitative estimate of drug-likeness (QED) is 0.744. The molecule has 0 aliphatic carbocycles. The summed E-state index contributed by atoms with van der Waals surface area (Å²) < 4.78 is 0. The molecule has 1 aromatic heterocycles. The summed E-state index contributed by atoms with van der Waals surface area (Å²) in [4.78, 5) is 34.1. The zero-order valence-electron chi connectivity index (χ0n) is 17.1. The monoisotopic (exact) mass is 391 g/mol. The van der Waals surface area contributed by atoms with Crippen LogP contribution in [0.3, 0.4) is 0 Å². The van der Waals surface area contributed by atoms with Gasteiger partial charge < -0.3 is 9.80 Å². The van der Waals surface area contributed by atoms with E-state index in [9.17, 15) is 9.59 Å². The van der Waals surface area contributed by atoms with Crippen molar-refractivity contribution in [3.63, 3.8) is 0 Å². The molecule has 2 saturated heterocycles. The lowest BCUT2D eigenvalue weighted by atomic mass is 10.1. The molecule has 3 heterocycles. The van der Waals surface area contributed by atoms with Crippen LogP contribution in [0.15, 0.2) is 48.7 Å². The highest BCUT2D eigenvalue weighted by Gasteiger charge is 2.40. The van der Waals surface area contributed by atoms with Crippen LogP contribution in [-0.2, 0) is 16.0 Å². The van der Waals surface area contributed by atoms with Crippen molar-refractivity contribution in [3.8, 4) is 0 Å². The van der Waals surface area contributed by atoms with Gasteiger partial charge in [-0.3, -0.25) is 14.6 Å². The number of carbonyl (C=O) groups is 2. The molecular formula is C24H29N3O2. The second-order valence-electron chi connectivity index (χ2n) is 8.12. The van der Waals surface area contributed by atoms with Crippen molar-refractivity contribution < 1.29 is 9.59 Å². The topological polar surface area (TPSA) is 53.5 Å². The van der Waals surface area contributed by atoms with Crippen LogP contribution in [0.4, 0.5) is 5.69 Å². The van der Waals surface area contributed by atoms with Crippen molar-refractivity contribution in [3.05, 3.63) is 59.9 Å². The predicted octanol–water partition coefficient (Wildman–Crippen LogP) is 4.14. The number of aryl methyl sites for hydroxylation is 1. The maximum absolute atomic E-state index is 13.2. The minimum Gasteiger partial charge on any atom is -0.334 e. The first kappa shape index (κ1) is 19.6. The van der Waals surface area contributed by atoms with Gasteiger partial charge in [0.1, 0.15) is 0 Å². The summed E-state index contributed by atoms with van der Waals surface area (Å²) in [5, 5.41) is 0. The minimum absolute atomic E-state index is 0.0331. The Morgan fingerprint density at radius 3 is 2.72 bits per heavy atom. The van der Waals surface area contributed by atoms with Crippen LogP contribution in [0, 0.1) is 5.92 Å². The normalized spacial score (nSPS) is 21.8. The number of amides is 2. The zero-order valence-corrected chi connectivity index (χ0v) is 17.1. The summed E-state index contributed by atoms with van der Waals surface area (Å²) in [5.74, 6) is -0.140. The molecule has 152 valence electrons. The van der Waals surface area contributed by atoms with E-state index in [1.165, 1.54) is 18.4 Å². The van der Waals surface area contributed by atoms with E-state index in [2.05, 4.69) is 24.0 Å². The number of likely N-dealkylation sites (tertiary alicyclic amines) is 1. The second-order valence-corrected chi connectivity index (χ2v) is 8.12. The fourth-order valence-electron chi connectivity index (χ4n) is 4.49. The van der Waals surface area contributed by atoms with Crippen LogP contribution < -0.4 is 4.90 Å². The summed E-state index contributed by atoms with van der Waals surface area (Å²) in [5.41, 5.74) is 3.14.